The highest BCUT2D eigenvalue weighted by Crippen LogP contribution is 2.24. The molecule has 0 spiro atoms. The van der Waals surface area contributed by atoms with Crippen LogP contribution in [0.3, 0.4) is 0 Å². The number of carbonyl (C=O) groups is 1. The van der Waals surface area contributed by atoms with E-state index in [0.29, 0.717) is 5.92 Å². The van der Waals surface area contributed by atoms with Crippen LogP contribution in [-0.2, 0) is 21.4 Å². The molecule has 1 N–H and O–H groups in total. The summed E-state index contributed by atoms with van der Waals surface area (Å²) in [5, 5.41) is 3.01. The predicted molar refractivity (Wildman–Crippen MR) is 110 cm³/mol. The molecular formula is C22H27FN2O3S. The summed E-state index contributed by atoms with van der Waals surface area (Å²) >= 11 is 0. The standard InChI is InChI=1S/C22H27FN2O3S/c1-17-7-5-6-10-21(17)24-22(26)16-25(15-18-8-3-2-4-9-18)29(27,28)20-13-11-19(23)12-14-20/h2-4,8-9,11-14,17,21H,5-7,10,15-16H2,1H3,(H,24,26)/t17-,21+/m1/s1. The van der Waals surface area contributed by atoms with Gasteiger partial charge in [-0.15, -0.1) is 0 Å². The molecule has 3 rings (SSSR count). The smallest absolute Gasteiger partial charge is 0.243 e. The van der Waals surface area contributed by atoms with Gasteiger partial charge in [-0.1, -0.05) is 50.1 Å². The lowest BCUT2D eigenvalue weighted by Crippen LogP contribution is -2.46. The maximum atomic E-state index is 13.3. The highest BCUT2D eigenvalue weighted by Gasteiger charge is 2.29. The van der Waals surface area contributed by atoms with Gasteiger partial charge in [0.1, 0.15) is 5.82 Å². The van der Waals surface area contributed by atoms with Crippen LogP contribution in [0.15, 0.2) is 59.5 Å². The van der Waals surface area contributed by atoms with Gasteiger partial charge >= 0.3 is 0 Å². The third kappa shape index (κ3) is 5.64. The van der Waals surface area contributed by atoms with Gasteiger partial charge in [0.2, 0.25) is 15.9 Å². The Bertz CT molecular complexity index is 917. The molecule has 5 nitrogen and oxygen atoms in total. The van der Waals surface area contributed by atoms with Gasteiger partial charge in [0.25, 0.3) is 0 Å². The van der Waals surface area contributed by atoms with Crippen LogP contribution in [0.5, 0.6) is 0 Å². The summed E-state index contributed by atoms with van der Waals surface area (Å²) in [6.07, 6.45) is 4.20. The number of carbonyl (C=O) groups excluding carboxylic acids is 1. The topological polar surface area (TPSA) is 66.5 Å². The molecule has 0 bridgehead atoms. The van der Waals surface area contributed by atoms with Crippen LogP contribution in [-0.4, -0.2) is 31.2 Å². The summed E-state index contributed by atoms with van der Waals surface area (Å²) < 4.78 is 40.7. The van der Waals surface area contributed by atoms with E-state index in [1.54, 1.807) is 0 Å². The van der Waals surface area contributed by atoms with E-state index in [1.807, 2.05) is 30.3 Å². The third-order valence-corrected chi connectivity index (χ3v) is 7.24. The summed E-state index contributed by atoms with van der Waals surface area (Å²) in [5.41, 5.74) is 0.775. The van der Waals surface area contributed by atoms with Crippen molar-refractivity contribution in [3.63, 3.8) is 0 Å². The van der Waals surface area contributed by atoms with Crippen LogP contribution in [0.2, 0.25) is 0 Å². The summed E-state index contributed by atoms with van der Waals surface area (Å²) in [7, 11) is -3.96. The van der Waals surface area contributed by atoms with Gasteiger partial charge < -0.3 is 5.32 Å². The molecule has 0 aromatic heterocycles. The van der Waals surface area contributed by atoms with Gasteiger partial charge in [0.05, 0.1) is 11.4 Å². The fraction of sp³-hybridized carbons (Fsp3) is 0.409. The van der Waals surface area contributed by atoms with Gasteiger partial charge in [-0.2, -0.15) is 4.31 Å². The summed E-state index contributed by atoms with van der Waals surface area (Å²) in [5.74, 6) is -0.447. The second-order valence-corrected chi connectivity index (χ2v) is 9.59. The molecule has 0 heterocycles. The van der Waals surface area contributed by atoms with Gasteiger partial charge in [-0.3, -0.25) is 4.79 Å². The first-order chi connectivity index (χ1) is 13.9. The van der Waals surface area contributed by atoms with Crippen LogP contribution in [0.1, 0.15) is 38.2 Å². The Morgan fingerprint density at radius 3 is 2.38 bits per heavy atom. The maximum Gasteiger partial charge on any atom is 0.243 e. The Labute approximate surface area is 172 Å². The Morgan fingerprint density at radius 1 is 1.07 bits per heavy atom. The second kappa shape index (κ2) is 9.50. The molecule has 0 aliphatic heterocycles. The Kier molecular flexibility index (Phi) is 7.03. The van der Waals surface area contributed by atoms with Crippen LogP contribution in [0.25, 0.3) is 0 Å². The van der Waals surface area contributed by atoms with E-state index in [-0.39, 0.29) is 29.9 Å². The fourth-order valence-electron chi connectivity index (χ4n) is 3.71. The van der Waals surface area contributed by atoms with Crippen molar-refractivity contribution in [2.75, 3.05) is 6.54 Å². The largest absolute Gasteiger partial charge is 0.352 e. The van der Waals surface area contributed by atoms with E-state index >= 15 is 0 Å². The van der Waals surface area contributed by atoms with Crippen molar-refractivity contribution in [2.45, 2.75) is 50.1 Å². The molecule has 2 atom stereocenters. The number of amides is 1. The molecule has 2 aromatic carbocycles. The van der Waals surface area contributed by atoms with E-state index in [0.717, 1.165) is 47.7 Å². The van der Waals surface area contributed by atoms with Crippen molar-refractivity contribution in [3.05, 3.63) is 66.0 Å². The van der Waals surface area contributed by atoms with Gasteiger partial charge in [-0.25, -0.2) is 12.8 Å². The Balaban J connectivity index is 1.80. The van der Waals surface area contributed by atoms with Crippen LogP contribution < -0.4 is 5.32 Å². The molecule has 1 aliphatic carbocycles. The van der Waals surface area contributed by atoms with Crippen molar-refractivity contribution >= 4 is 15.9 Å². The predicted octanol–water partition coefficient (Wildman–Crippen LogP) is 3.71. The van der Waals surface area contributed by atoms with Gasteiger partial charge in [0, 0.05) is 12.6 Å². The summed E-state index contributed by atoms with van der Waals surface area (Å²) in [4.78, 5) is 12.7. The average Bonchev–Trinajstić information content (AvgIpc) is 2.70. The van der Waals surface area contributed by atoms with E-state index in [4.69, 9.17) is 0 Å². The number of halogens is 1. The second-order valence-electron chi connectivity index (χ2n) is 7.65. The van der Waals surface area contributed by atoms with Gasteiger partial charge in [-0.05, 0) is 48.6 Å². The number of benzene rings is 2. The van der Waals surface area contributed by atoms with Crippen molar-refractivity contribution in [1.82, 2.24) is 9.62 Å². The molecule has 7 heteroatoms. The lowest BCUT2D eigenvalue weighted by molar-refractivity contribution is -0.122. The molecule has 1 fully saturated rings. The zero-order valence-corrected chi connectivity index (χ0v) is 17.4. The van der Waals surface area contributed by atoms with Crippen molar-refractivity contribution in [1.29, 1.82) is 0 Å². The molecular weight excluding hydrogens is 391 g/mol. The highest BCUT2D eigenvalue weighted by molar-refractivity contribution is 7.89. The first-order valence-electron chi connectivity index (χ1n) is 9.95. The molecule has 0 saturated heterocycles. The number of hydrogen-bond donors (Lipinski definition) is 1. The number of rotatable bonds is 7. The molecule has 1 aliphatic rings. The third-order valence-electron chi connectivity index (χ3n) is 5.43. The lowest BCUT2D eigenvalue weighted by Gasteiger charge is -2.30. The Morgan fingerprint density at radius 2 is 1.72 bits per heavy atom. The first-order valence-corrected chi connectivity index (χ1v) is 11.4. The lowest BCUT2D eigenvalue weighted by atomic mass is 9.86. The fourth-order valence-corrected chi connectivity index (χ4v) is 5.10. The van der Waals surface area contributed by atoms with Crippen LogP contribution in [0, 0.1) is 11.7 Å². The van der Waals surface area contributed by atoms with E-state index in [1.165, 1.54) is 12.1 Å². The monoisotopic (exact) mass is 418 g/mol. The first kappa shape index (κ1) is 21.5. The van der Waals surface area contributed by atoms with E-state index in [9.17, 15) is 17.6 Å². The normalized spacial score (nSPS) is 19.8. The SMILES string of the molecule is C[C@@H]1CCCC[C@@H]1NC(=O)CN(Cc1ccccc1)S(=O)(=O)c1ccc(F)cc1. The summed E-state index contributed by atoms with van der Waals surface area (Å²) in [6, 6.07) is 13.9. The minimum absolute atomic E-state index is 0.0336. The summed E-state index contributed by atoms with van der Waals surface area (Å²) in [6.45, 7) is 1.90. The van der Waals surface area contributed by atoms with Gasteiger partial charge in [0.15, 0.2) is 0 Å². The van der Waals surface area contributed by atoms with Crippen molar-refractivity contribution in [3.8, 4) is 0 Å². The highest BCUT2D eigenvalue weighted by atomic mass is 32.2. The average molecular weight is 419 g/mol. The number of hydrogen-bond acceptors (Lipinski definition) is 3. The molecule has 1 saturated carbocycles. The molecule has 1 amide bonds. The molecule has 0 unspecified atom stereocenters. The molecule has 0 radical (unpaired) electrons. The minimum Gasteiger partial charge on any atom is -0.352 e. The number of nitrogens with zero attached hydrogens (tertiary/aromatic N) is 1. The quantitative estimate of drug-likeness (QED) is 0.745. The minimum atomic E-state index is -3.96. The maximum absolute atomic E-state index is 13.3. The molecule has 2 aromatic rings. The zero-order chi connectivity index (χ0) is 20.9. The molecule has 156 valence electrons. The van der Waals surface area contributed by atoms with E-state index < -0.39 is 15.8 Å². The Hall–Kier alpha value is -2.25. The van der Waals surface area contributed by atoms with Crippen molar-refractivity contribution in [2.24, 2.45) is 5.92 Å². The molecule has 29 heavy (non-hydrogen) atoms. The number of nitrogens with one attached hydrogen (secondary N) is 1. The number of sulfonamides is 1. The zero-order valence-electron chi connectivity index (χ0n) is 16.6. The van der Waals surface area contributed by atoms with Crippen LogP contribution >= 0.6 is 0 Å². The van der Waals surface area contributed by atoms with Crippen molar-refractivity contribution < 1.29 is 17.6 Å². The van der Waals surface area contributed by atoms with Crippen LogP contribution in [0.4, 0.5) is 4.39 Å². The van der Waals surface area contributed by atoms with E-state index in [2.05, 4.69) is 12.2 Å².